The zero-order valence-electron chi connectivity index (χ0n) is 20.8. The molecule has 37 heavy (non-hydrogen) atoms. The third-order valence-corrected chi connectivity index (χ3v) is 10.3. The smallest absolute Gasteiger partial charge is 0.253 e. The quantitative estimate of drug-likeness (QED) is 0.498. The molecule has 3 aliphatic rings. The van der Waals surface area contributed by atoms with Crippen LogP contribution in [-0.4, -0.2) is 67.2 Å². The van der Waals surface area contributed by atoms with Crippen LogP contribution in [0.3, 0.4) is 0 Å². The Labute approximate surface area is 228 Å². The van der Waals surface area contributed by atoms with Gasteiger partial charge in [-0.25, -0.2) is 8.42 Å². The molecule has 5 rings (SSSR count). The predicted octanol–water partition coefficient (Wildman–Crippen LogP) is 5.25. The number of hydrogen-bond donors (Lipinski definition) is 0. The molecule has 0 N–H and O–H groups in total. The molecule has 2 aromatic carbocycles. The topological polar surface area (TPSA) is 74.8 Å². The minimum absolute atomic E-state index is 0.00520. The van der Waals surface area contributed by atoms with Crippen LogP contribution in [0.25, 0.3) is 11.1 Å². The number of nitrogens with zero attached hydrogens (tertiary/aromatic N) is 2. The van der Waals surface area contributed by atoms with Crippen molar-refractivity contribution in [2.45, 2.75) is 51.0 Å². The van der Waals surface area contributed by atoms with Crippen LogP contribution in [0.15, 0.2) is 36.4 Å². The number of carbonyl (C=O) groups is 2. The lowest BCUT2D eigenvalue weighted by Crippen LogP contribution is -2.43. The Morgan fingerprint density at radius 2 is 1.49 bits per heavy atom. The summed E-state index contributed by atoms with van der Waals surface area (Å²) in [7, 11) is -3.04. The van der Waals surface area contributed by atoms with Crippen LogP contribution in [0.1, 0.15) is 54.4 Å². The molecule has 0 aromatic heterocycles. The van der Waals surface area contributed by atoms with Crippen molar-refractivity contribution in [2.24, 2.45) is 5.92 Å². The molecule has 1 aliphatic carbocycles. The zero-order valence-corrected chi connectivity index (χ0v) is 23.1. The second-order valence-corrected chi connectivity index (χ2v) is 13.6. The van der Waals surface area contributed by atoms with Crippen molar-refractivity contribution in [3.05, 3.63) is 57.6 Å². The van der Waals surface area contributed by atoms with Crippen LogP contribution in [0, 0.1) is 5.92 Å². The van der Waals surface area contributed by atoms with Gasteiger partial charge in [-0.2, -0.15) is 0 Å². The average Bonchev–Trinajstić information content (AvgIpc) is 3.26. The molecule has 0 radical (unpaired) electrons. The van der Waals surface area contributed by atoms with Gasteiger partial charge in [0.2, 0.25) is 5.91 Å². The van der Waals surface area contributed by atoms with E-state index >= 15 is 0 Å². The van der Waals surface area contributed by atoms with E-state index in [-0.39, 0.29) is 42.3 Å². The molecule has 198 valence electrons. The molecule has 0 spiro atoms. The first-order valence-electron chi connectivity index (χ1n) is 13.1. The summed E-state index contributed by atoms with van der Waals surface area (Å²) in [5, 5.41) is 1.09. The van der Waals surface area contributed by atoms with E-state index in [1.54, 1.807) is 17.0 Å². The molecule has 2 aliphatic heterocycles. The maximum Gasteiger partial charge on any atom is 0.253 e. The van der Waals surface area contributed by atoms with Crippen molar-refractivity contribution in [3.63, 3.8) is 0 Å². The van der Waals surface area contributed by atoms with Crippen molar-refractivity contribution in [1.82, 2.24) is 9.80 Å². The lowest BCUT2D eigenvalue weighted by atomic mass is 9.93. The number of sulfone groups is 1. The van der Waals surface area contributed by atoms with E-state index in [0.29, 0.717) is 28.1 Å². The molecule has 1 atom stereocenters. The van der Waals surface area contributed by atoms with E-state index < -0.39 is 9.84 Å². The molecule has 2 heterocycles. The van der Waals surface area contributed by atoms with Crippen LogP contribution in [0.5, 0.6) is 0 Å². The standard InChI is InChI=1S/C28H32Cl2N2O4S/c29-25-17-22(19-6-8-20(9-7-19)27(33)31-12-14-37(35,36)15-13-31)18-26(30)24(25)16-21-10-11-32(28(21)34)23-4-2-1-3-5-23/h6-9,17-18,21,23H,1-5,10-16H2. The summed E-state index contributed by atoms with van der Waals surface area (Å²) in [6.45, 7) is 1.26. The third-order valence-electron chi connectivity index (χ3n) is 8.05. The summed E-state index contributed by atoms with van der Waals surface area (Å²) >= 11 is 13.4. The van der Waals surface area contributed by atoms with Crippen LogP contribution in [0.4, 0.5) is 0 Å². The monoisotopic (exact) mass is 562 g/mol. The molecule has 3 fully saturated rings. The Kier molecular flexibility index (Phi) is 7.85. The van der Waals surface area contributed by atoms with Crippen molar-refractivity contribution in [3.8, 4) is 11.1 Å². The van der Waals surface area contributed by atoms with Gasteiger partial charge in [-0.3, -0.25) is 9.59 Å². The number of benzene rings is 2. The average molecular weight is 564 g/mol. The van der Waals surface area contributed by atoms with Gasteiger partial charge < -0.3 is 9.80 Å². The van der Waals surface area contributed by atoms with Gasteiger partial charge in [-0.15, -0.1) is 0 Å². The molecule has 2 saturated heterocycles. The fourth-order valence-corrected chi connectivity index (χ4v) is 7.66. The molecular formula is C28H32Cl2N2O4S. The van der Waals surface area contributed by atoms with Gasteiger partial charge in [0.15, 0.2) is 9.84 Å². The number of halogens is 2. The van der Waals surface area contributed by atoms with Crippen LogP contribution < -0.4 is 0 Å². The highest BCUT2D eigenvalue weighted by Gasteiger charge is 2.36. The van der Waals surface area contributed by atoms with Gasteiger partial charge in [-0.05, 0) is 66.6 Å². The summed E-state index contributed by atoms with van der Waals surface area (Å²) < 4.78 is 23.3. The Balaban J connectivity index is 1.26. The second kappa shape index (κ2) is 11.0. The van der Waals surface area contributed by atoms with Gasteiger partial charge in [0.25, 0.3) is 5.91 Å². The Morgan fingerprint density at radius 1 is 0.865 bits per heavy atom. The first-order valence-corrected chi connectivity index (χ1v) is 15.7. The first kappa shape index (κ1) is 26.5. The number of hydrogen-bond acceptors (Lipinski definition) is 4. The number of amides is 2. The van der Waals surface area contributed by atoms with Crippen LogP contribution in [0.2, 0.25) is 10.0 Å². The van der Waals surface area contributed by atoms with E-state index in [9.17, 15) is 18.0 Å². The fourth-order valence-electron chi connectivity index (χ4n) is 5.82. The van der Waals surface area contributed by atoms with Crippen LogP contribution >= 0.6 is 23.2 Å². The first-order chi connectivity index (χ1) is 17.7. The number of rotatable bonds is 5. The van der Waals surface area contributed by atoms with Gasteiger partial charge in [0, 0.05) is 47.2 Å². The van der Waals surface area contributed by atoms with E-state index in [2.05, 4.69) is 4.90 Å². The van der Waals surface area contributed by atoms with Crippen molar-refractivity contribution in [1.29, 1.82) is 0 Å². The Morgan fingerprint density at radius 3 is 2.11 bits per heavy atom. The predicted molar refractivity (Wildman–Crippen MR) is 147 cm³/mol. The molecule has 9 heteroatoms. The van der Waals surface area contributed by atoms with Gasteiger partial charge in [-0.1, -0.05) is 54.6 Å². The van der Waals surface area contributed by atoms with Crippen molar-refractivity contribution in [2.75, 3.05) is 31.1 Å². The SMILES string of the molecule is O=C(c1ccc(-c2cc(Cl)c(CC3CCN(C4CCCCC4)C3=O)c(Cl)c2)cc1)N1CCS(=O)(=O)CC1. The largest absolute Gasteiger partial charge is 0.339 e. The normalized spacial score (nSPS) is 22.4. The van der Waals surface area contributed by atoms with Gasteiger partial charge in [0.05, 0.1) is 11.5 Å². The fraction of sp³-hybridized carbons (Fsp3) is 0.500. The Hall–Kier alpha value is -2.09. The van der Waals surface area contributed by atoms with Gasteiger partial charge >= 0.3 is 0 Å². The van der Waals surface area contributed by atoms with Crippen LogP contribution in [-0.2, 0) is 21.1 Å². The maximum absolute atomic E-state index is 13.1. The minimum atomic E-state index is -3.04. The highest BCUT2D eigenvalue weighted by molar-refractivity contribution is 7.91. The van der Waals surface area contributed by atoms with Gasteiger partial charge in [0.1, 0.15) is 0 Å². The molecule has 6 nitrogen and oxygen atoms in total. The lowest BCUT2D eigenvalue weighted by Gasteiger charge is -2.31. The van der Waals surface area contributed by atoms with E-state index in [4.69, 9.17) is 23.2 Å². The molecule has 1 saturated carbocycles. The maximum atomic E-state index is 13.1. The zero-order chi connectivity index (χ0) is 26.2. The molecule has 0 bridgehead atoms. The van der Waals surface area contributed by atoms with E-state index in [1.807, 2.05) is 24.3 Å². The molecule has 2 amide bonds. The summed E-state index contributed by atoms with van der Waals surface area (Å²) in [5.41, 5.74) is 3.03. The summed E-state index contributed by atoms with van der Waals surface area (Å²) in [4.78, 5) is 29.6. The molecule has 2 aromatic rings. The van der Waals surface area contributed by atoms with E-state index in [0.717, 1.165) is 42.5 Å². The summed E-state index contributed by atoms with van der Waals surface area (Å²) in [6, 6.07) is 11.3. The highest BCUT2D eigenvalue weighted by atomic mass is 35.5. The lowest BCUT2D eigenvalue weighted by molar-refractivity contribution is -0.133. The van der Waals surface area contributed by atoms with Crippen molar-refractivity contribution >= 4 is 44.9 Å². The Bertz CT molecular complexity index is 1250. The van der Waals surface area contributed by atoms with E-state index in [1.165, 1.54) is 19.3 Å². The number of carbonyl (C=O) groups excluding carboxylic acids is 2. The summed E-state index contributed by atoms with van der Waals surface area (Å²) in [6.07, 6.45) is 7.27. The molecular weight excluding hydrogens is 531 g/mol. The van der Waals surface area contributed by atoms with Crippen molar-refractivity contribution < 1.29 is 18.0 Å². The highest BCUT2D eigenvalue weighted by Crippen LogP contribution is 2.36. The third kappa shape index (κ3) is 5.84. The second-order valence-electron chi connectivity index (χ2n) is 10.5. The minimum Gasteiger partial charge on any atom is -0.339 e. The summed E-state index contributed by atoms with van der Waals surface area (Å²) in [5.74, 6) is -0.0138. The number of likely N-dealkylation sites (tertiary alicyclic amines) is 1. The molecule has 1 unspecified atom stereocenters.